The average Bonchev–Trinajstić information content (AvgIpc) is 1.87. The standard InChI is InChI=1S/C6H12O2S2/c7-4-2-1-3-5-8-6(9)10/h7H,1-5H2,(H,9,10). The van der Waals surface area contributed by atoms with Gasteiger partial charge in [0.15, 0.2) is 0 Å². The van der Waals surface area contributed by atoms with E-state index in [1.807, 2.05) is 0 Å². The molecule has 0 saturated carbocycles. The fourth-order valence-electron chi connectivity index (χ4n) is 0.550. The quantitative estimate of drug-likeness (QED) is 0.380. The maximum atomic E-state index is 8.39. The van der Waals surface area contributed by atoms with Crippen LogP contribution < -0.4 is 0 Å². The van der Waals surface area contributed by atoms with E-state index in [-0.39, 0.29) is 6.61 Å². The van der Waals surface area contributed by atoms with Crippen LogP contribution in [0, 0.1) is 0 Å². The Morgan fingerprint density at radius 2 is 2.10 bits per heavy atom. The van der Waals surface area contributed by atoms with E-state index in [0.29, 0.717) is 11.0 Å². The average molecular weight is 180 g/mol. The van der Waals surface area contributed by atoms with Crippen LogP contribution in [0.25, 0.3) is 0 Å². The van der Waals surface area contributed by atoms with Crippen LogP contribution in [-0.4, -0.2) is 22.7 Å². The van der Waals surface area contributed by atoms with Crippen molar-refractivity contribution in [1.82, 2.24) is 0 Å². The van der Waals surface area contributed by atoms with Crippen molar-refractivity contribution >= 4 is 29.2 Å². The number of hydrogen-bond donors (Lipinski definition) is 2. The van der Waals surface area contributed by atoms with Gasteiger partial charge in [-0.15, -0.1) is 0 Å². The Balaban J connectivity index is 2.84. The number of unbranched alkanes of at least 4 members (excludes halogenated alkanes) is 2. The minimum absolute atomic E-state index is 0.255. The van der Waals surface area contributed by atoms with Gasteiger partial charge in [-0.05, 0) is 31.5 Å². The second-order valence-electron chi connectivity index (χ2n) is 1.90. The number of aliphatic hydroxyl groups is 1. The summed E-state index contributed by atoms with van der Waals surface area (Å²) in [6.45, 7) is 0.869. The first-order valence-corrected chi connectivity index (χ1v) is 4.09. The number of aliphatic hydroxyl groups excluding tert-OH is 1. The maximum absolute atomic E-state index is 8.39. The van der Waals surface area contributed by atoms with E-state index in [2.05, 4.69) is 24.8 Å². The molecule has 1 N–H and O–H groups in total. The van der Waals surface area contributed by atoms with Gasteiger partial charge < -0.3 is 9.84 Å². The summed E-state index contributed by atoms with van der Waals surface area (Å²) in [6.07, 6.45) is 2.75. The summed E-state index contributed by atoms with van der Waals surface area (Å²) < 4.78 is 5.20. The van der Waals surface area contributed by atoms with E-state index in [0.717, 1.165) is 19.3 Å². The summed E-state index contributed by atoms with van der Waals surface area (Å²) in [5.41, 5.74) is 0. The molecule has 0 radical (unpaired) electrons. The lowest BCUT2D eigenvalue weighted by Gasteiger charge is -2.00. The molecule has 0 amide bonds. The van der Waals surface area contributed by atoms with E-state index in [9.17, 15) is 0 Å². The molecule has 2 nitrogen and oxygen atoms in total. The third kappa shape index (κ3) is 8.20. The van der Waals surface area contributed by atoms with Crippen LogP contribution in [-0.2, 0) is 4.74 Å². The largest absolute Gasteiger partial charge is 0.479 e. The van der Waals surface area contributed by atoms with Gasteiger partial charge in [-0.3, -0.25) is 0 Å². The molecule has 0 aromatic carbocycles. The first-order valence-electron chi connectivity index (χ1n) is 3.24. The fraction of sp³-hybridized carbons (Fsp3) is 0.833. The van der Waals surface area contributed by atoms with Crippen molar-refractivity contribution in [2.24, 2.45) is 0 Å². The monoisotopic (exact) mass is 180 g/mol. The van der Waals surface area contributed by atoms with E-state index in [1.54, 1.807) is 0 Å². The van der Waals surface area contributed by atoms with Gasteiger partial charge in [0.2, 0.25) is 4.38 Å². The maximum Gasteiger partial charge on any atom is 0.216 e. The summed E-state index contributed by atoms with van der Waals surface area (Å²) in [5.74, 6) is 0. The first-order chi connectivity index (χ1) is 4.77. The summed E-state index contributed by atoms with van der Waals surface area (Å²) in [5, 5.41) is 8.39. The molecule has 0 aliphatic carbocycles. The zero-order valence-electron chi connectivity index (χ0n) is 5.75. The van der Waals surface area contributed by atoms with Gasteiger partial charge in [0.1, 0.15) is 0 Å². The Hall–Kier alpha value is 0.200. The second kappa shape index (κ2) is 7.31. The highest BCUT2D eigenvalue weighted by Crippen LogP contribution is 1.96. The topological polar surface area (TPSA) is 29.5 Å². The van der Waals surface area contributed by atoms with Crippen molar-refractivity contribution in [2.45, 2.75) is 19.3 Å². The fourth-order valence-corrected chi connectivity index (χ4v) is 0.725. The van der Waals surface area contributed by atoms with Gasteiger partial charge in [-0.25, -0.2) is 0 Å². The van der Waals surface area contributed by atoms with Crippen molar-refractivity contribution in [3.63, 3.8) is 0 Å². The van der Waals surface area contributed by atoms with Crippen molar-refractivity contribution in [3.8, 4) is 0 Å². The highest BCUT2D eigenvalue weighted by molar-refractivity contribution is 8.10. The molecule has 0 aromatic rings. The molecule has 10 heavy (non-hydrogen) atoms. The van der Waals surface area contributed by atoms with Crippen LogP contribution >= 0.6 is 24.8 Å². The lowest BCUT2D eigenvalue weighted by molar-refractivity contribution is 0.266. The molecule has 0 fully saturated rings. The second-order valence-corrected chi connectivity index (χ2v) is 2.98. The molecule has 60 valence electrons. The van der Waals surface area contributed by atoms with Gasteiger partial charge in [-0.1, -0.05) is 12.6 Å². The van der Waals surface area contributed by atoms with Gasteiger partial charge in [0, 0.05) is 6.61 Å². The molecule has 0 spiro atoms. The molecule has 0 aromatic heterocycles. The number of thiol groups is 1. The van der Waals surface area contributed by atoms with Crippen molar-refractivity contribution < 1.29 is 9.84 Å². The molecule has 0 rings (SSSR count). The number of ether oxygens (including phenoxy) is 1. The van der Waals surface area contributed by atoms with Gasteiger partial charge in [0.05, 0.1) is 6.61 Å². The van der Waals surface area contributed by atoms with Crippen LogP contribution in [0.15, 0.2) is 0 Å². The smallest absolute Gasteiger partial charge is 0.216 e. The normalized spacial score (nSPS) is 9.40. The molecule has 0 aliphatic rings. The van der Waals surface area contributed by atoms with Crippen LogP contribution in [0.4, 0.5) is 0 Å². The van der Waals surface area contributed by atoms with E-state index < -0.39 is 0 Å². The van der Waals surface area contributed by atoms with Gasteiger partial charge >= 0.3 is 0 Å². The SMILES string of the molecule is OCCCCCOC(=S)S. The minimum atomic E-state index is 0.255. The molecule has 0 bridgehead atoms. The van der Waals surface area contributed by atoms with Crippen LogP contribution in [0.2, 0.25) is 0 Å². The van der Waals surface area contributed by atoms with Crippen molar-refractivity contribution in [2.75, 3.05) is 13.2 Å². The Morgan fingerprint density at radius 3 is 2.60 bits per heavy atom. The first kappa shape index (κ1) is 10.2. The number of rotatable bonds is 5. The zero-order valence-corrected chi connectivity index (χ0v) is 7.46. The molecule has 0 unspecified atom stereocenters. The number of thiocarbonyl (C=S) groups is 1. The lowest BCUT2D eigenvalue weighted by Crippen LogP contribution is -1.96. The van der Waals surface area contributed by atoms with Gasteiger partial charge in [-0.2, -0.15) is 0 Å². The predicted octanol–water partition coefficient (Wildman–Crippen LogP) is 1.38. The zero-order chi connectivity index (χ0) is 7.82. The molecular formula is C6H12O2S2. The Labute approximate surface area is 72.0 Å². The van der Waals surface area contributed by atoms with E-state index in [1.165, 1.54) is 0 Å². The summed E-state index contributed by atoms with van der Waals surface area (Å²) in [7, 11) is 0. The summed E-state index contributed by atoms with van der Waals surface area (Å²) >= 11 is 8.35. The molecule has 0 heterocycles. The van der Waals surface area contributed by atoms with Crippen LogP contribution in [0.5, 0.6) is 0 Å². The summed E-state index contributed by atoms with van der Waals surface area (Å²) in [6, 6.07) is 0. The van der Waals surface area contributed by atoms with Crippen molar-refractivity contribution in [3.05, 3.63) is 0 Å². The molecular weight excluding hydrogens is 168 g/mol. The third-order valence-corrected chi connectivity index (χ3v) is 1.27. The lowest BCUT2D eigenvalue weighted by atomic mass is 10.2. The molecule has 0 atom stereocenters. The summed E-state index contributed by atoms with van der Waals surface area (Å²) in [4.78, 5) is 0. The van der Waals surface area contributed by atoms with Crippen LogP contribution in [0.1, 0.15) is 19.3 Å². The molecule has 4 heteroatoms. The van der Waals surface area contributed by atoms with Crippen molar-refractivity contribution in [1.29, 1.82) is 0 Å². The van der Waals surface area contributed by atoms with E-state index >= 15 is 0 Å². The Kier molecular flexibility index (Phi) is 7.45. The van der Waals surface area contributed by atoms with Crippen LogP contribution in [0.3, 0.4) is 0 Å². The number of hydrogen-bond acceptors (Lipinski definition) is 3. The highest BCUT2D eigenvalue weighted by Gasteiger charge is 1.89. The van der Waals surface area contributed by atoms with E-state index in [4.69, 9.17) is 9.84 Å². The predicted molar refractivity (Wildman–Crippen MR) is 48.5 cm³/mol. The molecule has 0 aliphatic heterocycles. The third-order valence-electron chi connectivity index (χ3n) is 1.03. The van der Waals surface area contributed by atoms with Gasteiger partial charge in [0.25, 0.3) is 0 Å². The minimum Gasteiger partial charge on any atom is -0.479 e. The Morgan fingerprint density at radius 1 is 1.40 bits per heavy atom. The Bertz CT molecular complexity index is 95.7. The highest BCUT2D eigenvalue weighted by atomic mass is 32.1. The molecule has 0 saturated heterocycles.